The van der Waals surface area contributed by atoms with Crippen molar-refractivity contribution >= 4 is 23.2 Å². The summed E-state index contributed by atoms with van der Waals surface area (Å²) in [4.78, 5) is 31.0. The lowest BCUT2D eigenvalue weighted by atomic mass is 10.1. The molecule has 6 nitrogen and oxygen atoms in total. The molecule has 0 aliphatic heterocycles. The van der Waals surface area contributed by atoms with E-state index in [0.29, 0.717) is 11.4 Å². The van der Waals surface area contributed by atoms with Crippen molar-refractivity contribution in [1.29, 1.82) is 0 Å². The van der Waals surface area contributed by atoms with Crippen LogP contribution in [0, 0.1) is 0 Å². The number of pyridine rings is 2. The minimum absolute atomic E-state index is 0.144. The van der Waals surface area contributed by atoms with E-state index < -0.39 is 17.5 Å². The number of amides is 1. The molecule has 0 aliphatic rings. The number of nitrogens with zero attached hydrogens (tertiary/aromatic N) is 1. The summed E-state index contributed by atoms with van der Waals surface area (Å²) in [7, 11) is 0. The minimum atomic E-state index is -0.808. The number of benzene rings is 1. The largest absolute Gasteiger partial charge is 0.327 e. The zero-order chi connectivity index (χ0) is 18.5. The summed E-state index contributed by atoms with van der Waals surface area (Å²) in [6.07, 6.45) is 5.20. The van der Waals surface area contributed by atoms with Gasteiger partial charge in [0.05, 0.1) is 6.04 Å². The van der Waals surface area contributed by atoms with Crippen LogP contribution in [0.3, 0.4) is 0 Å². The number of hydrogen-bond acceptors (Lipinski definition) is 4. The molecule has 2 heterocycles. The average Bonchev–Trinajstić information content (AvgIpc) is 2.64. The van der Waals surface area contributed by atoms with E-state index in [4.69, 9.17) is 17.3 Å². The first-order valence-electron chi connectivity index (χ1n) is 7.97. The molecule has 0 aliphatic carbocycles. The molecule has 0 saturated heterocycles. The standard InChI is InChI=1S/C19H17ClN4O2/c20-15-3-1-2-12(8-15)9-16(21)18(25)24-17-10-14(11-23-19(17)26)13-4-6-22-7-5-13/h1-8,10-11,16H,9,21H2,(H,23,26)(H,24,25). The summed E-state index contributed by atoms with van der Waals surface area (Å²) >= 11 is 5.94. The Labute approximate surface area is 155 Å². The fraction of sp³-hybridized carbons (Fsp3) is 0.105. The first-order chi connectivity index (χ1) is 12.5. The van der Waals surface area contributed by atoms with E-state index in [1.165, 1.54) is 0 Å². The number of H-pyrrole nitrogens is 1. The highest BCUT2D eigenvalue weighted by molar-refractivity contribution is 6.30. The Morgan fingerprint density at radius 2 is 1.96 bits per heavy atom. The quantitative estimate of drug-likeness (QED) is 0.644. The Kier molecular flexibility index (Phi) is 5.46. The highest BCUT2D eigenvalue weighted by atomic mass is 35.5. The van der Waals surface area contributed by atoms with E-state index in [2.05, 4.69) is 15.3 Å². The van der Waals surface area contributed by atoms with Gasteiger partial charge in [0.15, 0.2) is 0 Å². The van der Waals surface area contributed by atoms with Crippen LogP contribution in [0.1, 0.15) is 5.56 Å². The maximum atomic E-state index is 12.4. The summed E-state index contributed by atoms with van der Waals surface area (Å²) in [5.74, 6) is -0.442. The van der Waals surface area contributed by atoms with Crippen molar-refractivity contribution in [3.63, 3.8) is 0 Å². The number of nitrogens with two attached hydrogens (primary N) is 1. The Balaban J connectivity index is 1.75. The average molecular weight is 369 g/mol. The number of hydrogen-bond donors (Lipinski definition) is 3. The second-order valence-electron chi connectivity index (χ2n) is 5.80. The predicted molar refractivity (Wildman–Crippen MR) is 102 cm³/mol. The van der Waals surface area contributed by atoms with Crippen molar-refractivity contribution in [3.8, 4) is 11.1 Å². The lowest BCUT2D eigenvalue weighted by Gasteiger charge is -2.13. The smallest absolute Gasteiger partial charge is 0.271 e. The van der Waals surface area contributed by atoms with E-state index >= 15 is 0 Å². The van der Waals surface area contributed by atoms with Crippen LogP contribution in [0.25, 0.3) is 11.1 Å². The van der Waals surface area contributed by atoms with Gasteiger partial charge in [0.2, 0.25) is 5.91 Å². The number of carbonyl (C=O) groups excluding carboxylic acids is 1. The molecule has 2 aromatic heterocycles. The number of rotatable bonds is 5. The predicted octanol–water partition coefficient (Wildman–Crippen LogP) is 2.60. The third-order valence-electron chi connectivity index (χ3n) is 3.86. The zero-order valence-corrected chi connectivity index (χ0v) is 14.5. The van der Waals surface area contributed by atoms with Crippen LogP contribution in [0.2, 0.25) is 5.02 Å². The summed E-state index contributed by atoms with van der Waals surface area (Å²) in [5.41, 5.74) is 8.19. The molecule has 0 saturated carbocycles. The summed E-state index contributed by atoms with van der Waals surface area (Å²) in [6, 6.07) is 11.6. The van der Waals surface area contributed by atoms with Gasteiger partial charge in [-0.2, -0.15) is 0 Å². The lowest BCUT2D eigenvalue weighted by molar-refractivity contribution is -0.117. The fourth-order valence-corrected chi connectivity index (χ4v) is 2.74. The number of nitrogens with one attached hydrogen (secondary N) is 2. The summed E-state index contributed by atoms with van der Waals surface area (Å²) < 4.78 is 0. The van der Waals surface area contributed by atoms with Crippen molar-refractivity contribution in [1.82, 2.24) is 9.97 Å². The third-order valence-corrected chi connectivity index (χ3v) is 4.09. The molecule has 1 unspecified atom stereocenters. The Hall–Kier alpha value is -2.96. The molecular formula is C19H17ClN4O2. The van der Waals surface area contributed by atoms with Crippen molar-refractivity contribution in [2.45, 2.75) is 12.5 Å². The number of anilines is 1. The maximum Gasteiger partial charge on any atom is 0.271 e. The second-order valence-corrected chi connectivity index (χ2v) is 6.23. The molecule has 0 spiro atoms. The van der Waals surface area contributed by atoms with E-state index in [9.17, 15) is 9.59 Å². The van der Waals surface area contributed by atoms with Crippen LogP contribution >= 0.6 is 11.6 Å². The topological polar surface area (TPSA) is 101 Å². The summed E-state index contributed by atoms with van der Waals surface area (Å²) in [5, 5.41) is 3.18. The molecule has 4 N–H and O–H groups in total. The van der Waals surface area contributed by atoms with Crippen LogP contribution in [0.4, 0.5) is 5.69 Å². The minimum Gasteiger partial charge on any atom is -0.327 e. The van der Waals surface area contributed by atoms with Crippen molar-refractivity contribution in [2.24, 2.45) is 5.73 Å². The van der Waals surface area contributed by atoms with Crippen molar-refractivity contribution in [3.05, 3.63) is 82.0 Å². The van der Waals surface area contributed by atoms with E-state index in [-0.39, 0.29) is 5.69 Å². The zero-order valence-electron chi connectivity index (χ0n) is 13.8. The highest BCUT2D eigenvalue weighted by Gasteiger charge is 2.16. The van der Waals surface area contributed by atoms with Gasteiger partial charge in [-0.1, -0.05) is 23.7 Å². The van der Waals surface area contributed by atoms with Gasteiger partial charge in [-0.3, -0.25) is 14.6 Å². The van der Waals surface area contributed by atoms with Crippen LogP contribution in [0.5, 0.6) is 0 Å². The van der Waals surface area contributed by atoms with Gasteiger partial charge >= 0.3 is 0 Å². The van der Waals surface area contributed by atoms with Gasteiger partial charge in [-0.25, -0.2) is 0 Å². The van der Waals surface area contributed by atoms with Crippen molar-refractivity contribution < 1.29 is 4.79 Å². The summed E-state index contributed by atoms with van der Waals surface area (Å²) in [6.45, 7) is 0. The lowest BCUT2D eigenvalue weighted by Crippen LogP contribution is -2.38. The van der Waals surface area contributed by atoms with Gasteiger partial charge in [0.25, 0.3) is 5.56 Å². The van der Waals surface area contributed by atoms with Gasteiger partial charge < -0.3 is 16.0 Å². The Morgan fingerprint density at radius 3 is 2.69 bits per heavy atom. The molecule has 3 rings (SSSR count). The SMILES string of the molecule is NC(Cc1cccc(Cl)c1)C(=O)Nc1cc(-c2ccncc2)c[nH]c1=O. The Morgan fingerprint density at radius 1 is 1.19 bits per heavy atom. The molecule has 3 aromatic rings. The van der Waals surface area contributed by atoms with Gasteiger partial charge in [-0.15, -0.1) is 0 Å². The molecule has 26 heavy (non-hydrogen) atoms. The number of aromatic nitrogens is 2. The van der Waals surface area contributed by atoms with Gasteiger partial charge in [-0.05, 0) is 47.9 Å². The molecule has 132 valence electrons. The molecule has 1 atom stereocenters. The third kappa shape index (κ3) is 4.36. The highest BCUT2D eigenvalue weighted by Crippen LogP contribution is 2.19. The van der Waals surface area contributed by atoms with Crippen molar-refractivity contribution in [2.75, 3.05) is 5.32 Å². The molecular weight excluding hydrogens is 352 g/mol. The number of aromatic amines is 1. The van der Waals surface area contributed by atoms with E-state index in [1.807, 2.05) is 18.2 Å². The molecule has 1 aromatic carbocycles. The molecule has 1 amide bonds. The van der Waals surface area contributed by atoms with E-state index in [1.54, 1.807) is 42.9 Å². The monoisotopic (exact) mass is 368 g/mol. The van der Waals surface area contributed by atoms with Crippen LogP contribution in [-0.2, 0) is 11.2 Å². The first kappa shape index (κ1) is 17.8. The van der Waals surface area contributed by atoms with E-state index in [0.717, 1.165) is 16.7 Å². The van der Waals surface area contributed by atoms with Gasteiger partial charge in [0.1, 0.15) is 5.69 Å². The maximum absolute atomic E-state index is 12.4. The number of halogens is 1. The second kappa shape index (κ2) is 7.95. The Bertz CT molecular complexity index is 973. The molecule has 0 bridgehead atoms. The normalized spacial score (nSPS) is 11.8. The van der Waals surface area contributed by atoms with Crippen LogP contribution in [0.15, 0.2) is 65.8 Å². The molecule has 7 heteroatoms. The van der Waals surface area contributed by atoms with Crippen LogP contribution in [-0.4, -0.2) is 21.9 Å². The fourth-order valence-electron chi connectivity index (χ4n) is 2.52. The van der Waals surface area contributed by atoms with Crippen LogP contribution < -0.4 is 16.6 Å². The van der Waals surface area contributed by atoms with Gasteiger partial charge in [0, 0.05) is 29.2 Å². The first-order valence-corrected chi connectivity index (χ1v) is 8.35. The molecule has 0 radical (unpaired) electrons. The molecule has 0 fully saturated rings. The number of carbonyl (C=O) groups is 1.